The highest BCUT2D eigenvalue weighted by molar-refractivity contribution is 5.92. The zero-order valence-corrected chi connectivity index (χ0v) is 17.7. The Bertz CT molecular complexity index is 1180. The van der Waals surface area contributed by atoms with E-state index in [0.29, 0.717) is 68.0 Å². The summed E-state index contributed by atoms with van der Waals surface area (Å²) < 4.78 is 0. The van der Waals surface area contributed by atoms with E-state index < -0.39 is 5.91 Å². The van der Waals surface area contributed by atoms with Gasteiger partial charge in [-0.3, -0.25) is 14.5 Å². The van der Waals surface area contributed by atoms with Gasteiger partial charge < -0.3 is 20.9 Å². The van der Waals surface area contributed by atoms with Gasteiger partial charge in [0.25, 0.3) is 5.56 Å². The average molecular weight is 435 g/mol. The van der Waals surface area contributed by atoms with Crippen molar-refractivity contribution < 1.29 is 9.59 Å². The number of nitrogens with zero attached hydrogens (tertiary/aromatic N) is 3. The number of urea groups is 1. The molecule has 0 saturated carbocycles. The predicted molar refractivity (Wildman–Crippen MR) is 121 cm³/mol. The van der Waals surface area contributed by atoms with Gasteiger partial charge in [-0.15, -0.1) is 0 Å². The van der Waals surface area contributed by atoms with Crippen LogP contribution in [0.2, 0.25) is 0 Å². The van der Waals surface area contributed by atoms with Gasteiger partial charge in [-0.2, -0.15) is 0 Å². The van der Waals surface area contributed by atoms with E-state index in [1.165, 1.54) is 0 Å². The van der Waals surface area contributed by atoms with Crippen molar-refractivity contribution in [2.24, 2.45) is 5.73 Å². The van der Waals surface area contributed by atoms with E-state index >= 15 is 0 Å². The normalized spacial score (nSPS) is 14.4. The van der Waals surface area contributed by atoms with Crippen molar-refractivity contribution in [1.29, 1.82) is 0 Å². The van der Waals surface area contributed by atoms with Gasteiger partial charge in [0, 0.05) is 38.3 Å². The third kappa shape index (κ3) is 5.12. The van der Waals surface area contributed by atoms with Crippen molar-refractivity contribution >= 4 is 22.8 Å². The van der Waals surface area contributed by atoms with Crippen LogP contribution in [0.25, 0.3) is 10.9 Å². The second kappa shape index (κ2) is 9.61. The summed E-state index contributed by atoms with van der Waals surface area (Å²) in [6.45, 7) is 3.60. The SMILES string of the molecule is NC(=O)c1cccc(CCNC(=O)N2CCN(Cc3nc4ccccc4c(=O)[nH]3)CC2)c1. The Hall–Kier alpha value is -3.72. The summed E-state index contributed by atoms with van der Waals surface area (Å²) in [7, 11) is 0. The average Bonchev–Trinajstić information content (AvgIpc) is 2.80. The second-order valence-electron chi connectivity index (χ2n) is 7.84. The molecule has 32 heavy (non-hydrogen) atoms. The third-order valence-corrected chi connectivity index (χ3v) is 5.60. The molecule has 0 spiro atoms. The molecule has 1 aliphatic rings. The maximum absolute atomic E-state index is 12.5. The van der Waals surface area contributed by atoms with Gasteiger partial charge in [-0.25, -0.2) is 9.78 Å². The summed E-state index contributed by atoms with van der Waals surface area (Å²) in [4.78, 5) is 47.4. The maximum Gasteiger partial charge on any atom is 0.317 e. The third-order valence-electron chi connectivity index (χ3n) is 5.60. The Morgan fingerprint density at radius 2 is 1.84 bits per heavy atom. The molecule has 4 N–H and O–H groups in total. The molecule has 0 bridgehead atoms. The number of carbonyl (C=O) groups is 2. The quantitative estimate of drug-likeness (QED) is 0.536. The minimum Gasteiger partial charge on any atom is -0.366 e. The zero-order chi connectivity index (χ0) is 22.5. The Morgan fingerprint density at radius 3 is 2.62 bits per heavy atom. The summed E-state index contributed by atoms with van der Waals surface area (Å²) >= 11 is 0. The van der Waals surface area contributed by atoms with Crippen LogP contribution in [0.3, 0.4) is 0 Å². The van der Waals surface area contributed by atoms with Gasteiger partial charge in [-0.05, 0) is 36.2 Å². The van der Waals surface area contributed by atoms with Crippen molar-refractivity contribution in [3.05, 3.63) is 75.8 Å². The van der Waals surface area contributed by atoms with E-state index in [-0.39, 0.29) is 11.6 Å². The number of benzene rings is 2. The fraction of sp³-hybridized carbons (Fsp3) is 0.304. The van der Waals surface area contributed by atoms with Crippen molar-refractivity contribution in [2.75, 3.05) is 32.7 Å². The number of hydrogen-bond donors (Lipinski definition) is 3. The highest BCUT2D eigenvalue weighted by Gasteiger charge is 2.21. The van der Waals surface area contributed by atoms with Crippen LogP contribution in [0.4, 0.5) is 4.79 Å². The fourth-order valence-electron chi connectivity index (χ4n) is 3.84. The number of nitrogens with one attached hydrogen (secondary N) is 2. The number of carbonyl (C=O) groups excluding carboxylic acids is 2. The van der Waals surface area contributed by atoms with Gasteiger partial charge in [0.15, 0.2) is 0 Å². The van der Waals surface area contributed by atoms with Crippen molar-refractivity contribution in [2.45, 2.75) is 13.0 Å². The lowest BCUT2D eigenvalue weighted by molar-refractivity contribution is 0.1000. The number of piperazine rings is 1. The summed E-state index contributed by atoms with van der Waals surface area (Å²) in [5.41, 5.74) is 7.27. The molecule has 3 amide bonds. The molecule has 0 radical (unpaired) electrons. The lowest BCUT2D eigenvalue weighted by atomic mass is 10.1. The number of amides is 3. The molecule has 1 saturated heterocycles. The summed E-state index contributed by atoms with van der Waals surface area (Å²) in [5, 5.41) is 3.52. The summed E-state index contributed by atoms with van der Waals surface area (Å²) in [5.74, 6) is 0.168. The highest BCUT2D eigenvalue weighted by Crippen LogP contribution is 2.10. The van der Waals surface area contributed by atoms with Gasteiger partial charge in [0.1, 0.15) is 5.82 Å². The Balaban J connectivity index is 1.25. The zero-order valence-electron chi connectivity index (χ0n) is 17.7. The Labute approximate surface area is 185 Å². The molecule has 0 atom stereocenters. The topological polar surface area (TPSA) is 124 Å². The Morgan fingerprint density at radius 1 is 1.06 bits per heavy atom. The molecule has 1 fully saturated rings. The second-order valence-corrected chi connectivity index (χ2v) is 7.84. The molecular formula is C23H26N6O3. The monoisotopic (exact) mass is 434 g/mol. The van der Waals surface area contributed by atoms with E-state index in [9.17, 15) is 14.4 Å². The number of rotatable bonds is 6. The smallest absolute Gasteiger partial charge is 0.317 e. The molecule has 0 unspecified atom stereocenters. The van der Waals surface area contributed by atoms with Crippen LogP contribution in [0.15, 0.2) is 53.3 Å². The van der Waals surface area contributed by atoms with Crippen LogP contribution in [-0.2, 0) is 13.0 Å². The lowest BCUT2D eigenvalue weighted by Crippen LogP contribution is -2.51. The first-order valence-corrected chi connectivity index (χ1v) is 10.6. The molecule has 2 heterocycles. The van der Waals surface area contributed by atoms with Gasteiger partial charge >= 0.3 is 6.03 Å². The van der Waals surface area contributed by atoms with Crippen LogP contribution in [0.5, 0.6) is 0 Å². The van der Waals surface area contributed by atoms with Gasteiger partial charge in [0.2, 0.25) is 5.91 Å². The van der Waals surface area contributed by atoms with Crippen LogP contribution in [-0.4, -0.2) is 64.4 Å². The molecule has 1 aromatic heterocycles. The maximum atomic E-state index is 12.5. The number of fused-ring (bicyclic) bond motifs is 1. The molecule has 9 nitrogen and oxygen atoms in total. The largest absolute Gasteiger partial charge is 0.366 e. The van der Waals surface area contributed by atoms with E-state index in [1.54, 1.807) is 29.2 Å². The Kier molecular flexibility index (Phi) is 6.46. The number of nitrogens with two attached hydrogens (primary N) is 1. The van der Waals surface area contributed by atoms with E-state index in [4.69, 9.17) is 5.73 Å². The number of aromatic amines is 1. The van der Waals surface area contributed by atoms with Crippen LogP contribution >= 0.6 is 0 Å². The van der Waals surface area contributed by atoms with Gasteiger partial charge in [0.05, 0.1) is 17.4 Å². The minimum absolute atomic E-state index is 0.104. The van der Waals surface area contributed by atoms with Crippen molar-refractivity contribution in [3.63, 3.8) is 0 Å². The molecule has 166 valence electrons. The first kappa shape index (κ1) is 21.5. The minimum atomic E-state index is -0.461. The highest BCUT2D eigenvalue weighted by atomic mass is 16.2. The first-order chi connectivity index (χ1) is 15.5. The number of hydrogen-bond acceptors (Lipinski definition) is 5. The fourth-order valence-corrected chi connectivity index (χ4v) is 3.84. The summed E-state index contributed by atoms with van der Waals surface area (Å²) in [6.07, 6.45) is 0.619. The number of primary amides is 1. The first-order valence-electron chi connectivity index (χ1n) is 10.6. The molecule has 4 rings (SSSR count). The van der Waals surface area contributed by atoms with Gasteiger partial charge in [-0.1, -0.05) is 24.3 Å². The predicted octanol–water partition coefficient (Wildman–Crippen LogP) is 1.09. The van der Waals surface area contributed by atoms with E-state index in [1.807, 2.05) is 24.3 Å². The van der Waals surface area contributed by atoms with Crippen LogP contribution < -0.4 is 16.6 Å². The molecule has 3 aromatic rings. The molecule has 9 heteroatoms. The number of H-pyrrole nitrogens is 1. The number of aromatic nitrogens is 2. The molecule has 1 aliphatic heterocycles. The molecular weight excluding hydrogens is 408 g/mol. The van der Waals surface area contributed by atoms with Crippen LogP contribution in [0.1, 0.15) is 21.7 Å². The molecule has 2 aromatic carbocycles. The standard InChI is InChI=1S/C23H26N6O3/c24-21(30)17-5-3-4-16(14-17)8-9-25-23(32)29-12-10-28(11-13-29)15-20-26-19-7-2-1-6-18(19)22(31)27-20/h1-7,14H,8-13,15H2,(H2,24,30)(H,25,32)(H,26,27,31). The van der Waals surface area contributed by atoms with E-state index in [0.717, 1.165) is 5.56 Å². The van der Waals surface area contributed by atoms with Crippen molar-refractivity contribution in [3.8, 4) is 0 Å². The molecule has 0 aliphatic carbocycles. The lowest BCUT2D eigenvalue weighted by Gasteiger charge is -2.34. The summed E-state index contributed by atoms with van der Waals surface area (Å²) in [6, 6.07) is 14.3. The van der Waals surface area contributed by atoms with Crippen molar-refractivity contribution in [1.82, 2.24) is 25.1 Å². The van der Waals surface area contributed by atoms with Crippen LogP contribution in [0, 0.1) is 0 Å². The van der Waals surface area contributed by atoms with E-state index in [2.05, 4.69) is 20.2 Å². The number of para-hydroxylation sites is 1.